The number of carbonyl (C=O) groups is 1. The second-order valence-corrected chi connectivity index (χ2v) is 11.5. The SMILES string of the molecule is COc1cc(-c2ccc(COc3ccc4c(c3)[C@]3(CC4)C[C@H]3C(=O)O)cc2[C@H](OC)C(C)(C)C)c(F)cn1. The minimum Gasteiger partial charge on any atom is -0.489 e. The third-order valence-corrected chi connectivity index (χ3v) is 7.99. The van der Waals surface area contributed by atoms with Crippen LogP contribution in [0.1, 0.15) is 62.0 Å². The van der Waals surface area contributed by atoms with Crippen LogP contribution in [0, 0.1) is 17.2 Å². The summed E-state index contributed by atoms with van der Waals surface area (Å²) in [5, 5.41) is 9.55. The molecule has 0 amide bonds. The molecule has 0 saturated heterocycles. The lowest BCUT2D eigenvalue weighted by Gasteiger charge is -2.32. The Morgan fingerprint density at radius 3 is 2.61 bits per heavy atom. The van der Waals surface area contributed by atoms with Crippen LogP contribution in [0.25, 0.3) is 11.1 Å². The molecule has 3 aromatic rings. The van der Waals surface area contributed by atoms with E-state index in [0.29, 0.717) is 30.0 Å². The number of ether oxygens (including phenoxy) is 3. The molecule has 1 fully saturated rings. The molecule has 200 valence electrons. The number of hydrogen-bond donors (Lipinski definition) is 1. The fraction of sp³-hybridized carbons (Fsp3) is 0.419. The molecule has 1 N–H and O–H groups in total. The van der Waals surface area contributed by atoms with Crippen LogP contribution < -0.4 is 9.47 Å². The summed E-state index contributed by atoms with van der Waals surface area (Å²) >= 11 is 0. The van der Waals surface area contributed by atoms with Gasteiger partial charge < -0.3 is 19.3 Å². The maximum atomic E-state index is 14.9. The highest BCUT2D eigenvalue weighted by molar-refractivity contribution is 5.78. The lowest BCUT2D eigenvalue weighted by Crippen LogP contribution is -2.21. The summed E-state index contributed by atoms with van der Waals surface area (Å²) in [6, 6.07) is 13.5. The van der Waals surface area contributed by atoms with E-state index in [2.05, 4.69) is 31.8 Å². The van der Waals surface area contributed by atoms with Gasteiger partial charge in [-0.2, -0.15) is 0 Å². The molecule has 1 spiro atoms. The first-order chi connectivity index (χ1) is 18.1. The summed E-state index contributed by atoms with van der Waals surface area (Å²) in [5.41, 5.74) is 4.72. The molecule has 3 atom stereocenters. The molecule has 1 saturated carbocycles. The maximum Gasteiger partial charge on any atom is 0.307 e. The van der Waals surface area contributed by atoms with Gasteiger partial charge in [-0.1, -0.05) is 39.0 Å². The summed E-state index contributed by atoms with van der Waals surface area (Å²) < 4.78 is 32.3. The number of aliphatic carboxylic acids is 1. The van der Waals surface area contributed by atoms with E-state index in [1.165, 1.54) is 18.9 Å². The van der Waals surface area contributed by atoms with Gasteiger partial charge in [-0.3, -0.25) is 4.79 Å². The average Bonchev–Trinajstić information content (AvgIpc) is 3.52. The zero-order valence-electron chi connectivity index (χ0n) is 22.5. The highest BCUT2D eigenvalue weighted by Crippen LogP contribution is 2.62. The number of aryl methyl sites for hydroxylation is 1. The Labute approximate surface area is 222 Å². The van der Waals surface area contributed by atoms with Crippen molar-refractivity contribution in [3.63, 3.8) is 0 Å². The molecule has 5 rings (SSSR count). The fourth-order valence-electron chi connectivity index (χ4n) is 6.04. The Hall–Kier alpha value is -3.45. The van der Waals surface area contributed by atoms with Gasteiger partial charge in [0.2, 0.25) is 5.88 Å². The second-order valence-electron chi connectivity index (χ2n) is 11.5. The molecule has 2 aliphatic rings. The van der Waals surface area contributed by atoms with Gasteiger partial charge in [-0.05, 0) is 70.7 Å². The molecule has 1 aromatic heterocycles. The van der Waals surface area contributed by atoms with E-state index in [4.69, 9.17) is 14.2 Å². The first-order valence-corrected chi connectivity index (χ1v) is 12.9. The Balaban J connectivity index is 1.45. The largest absolute Gasteiger partial charge is 0.489 e. The van der Waals surface area contributed by atoms with Gasteiger partial charge in [-0.15, -0.1) is 0 Å². The number of methoxy groups -OCH3 is 2. The van der Waals surface area contributed by atoms with E-state index in [-0.39, 0.29) is 22.9 Å². The number of fused-ring (bicyclic) bond motifs is 2. The number of nitrogens with zero attached hydrogens (tertiary/aromatic N) is 1. The van der Waals surface area contributed by atoms with Crippen LogP contribution in [-0.4, -0.2) is 30.3 Å². The highest BCUT2D eigenvalue weighted by atomic mass is 19.1. The van der Waals surface area contributed by atoms with Crippen molar-refractivity contribution in [1.82, 2.24) is 4.98 Å². The smallest absolute Gasteiger partial charge is 0.307 e. The predicted molar refractivity (Wildman–Crippen MR) is 142 cm³/mol. The molecule has 7 heteroatoms. The lowest BCUT2D eigenvalue weighted by molar-refractivity contribution is -0.139. The van der Waals surface area contributed by atoms with Crippen LogP contribution in [0.4, 0.5) is 4.39 Å². The van der Waals surface area contributed by atoms with Gasteiger partial charge in [0.15, 0.2) is 0 Å². The van der Waals surface area contributed by atoms with Crippen molar-refractivity contribution < 1.29 is 28.5 Å². The second kappa shape index (κ2) is 9.70. The molecular weight excluding hydrogens is 485 g/mol. The van der Waals surface area contributed by atoms with Crippen LogP contribution in [0.5, 0.6) is 11.6 Å². The first-order valence-electron chi connectivity index (χ1n) is 12.9. The number of rotatable bonds is 8. The Morgan fingerprint density at radius 1 is 1.16 bits per heavy atom. The minimum atomic E-state index is -0.716. The molecule has 2 aliphatic carbocycles. The number of aromatic nitrogens is 1. The number of carboxylic acids is 1. The highest BCUT2D eigenvalue weighted by Gasteiger charge is 2.61. The van der Waals surface area contributed by atoms with Crippen molar-refractivity contribution in [2.45, 2.75) is 58.2 Å². The minimum absolute atomic E-state index is 0.233. The lowest BCUT2D eigenvalue weighted by atomic mass is 9.81. The molecule has 6 nitrogen and oxygen atoms in total. The average molecular weight is 520 g/mol. The zero-order valence-corrected chi connectivity index (χ0v) is 22.5. The predicted octanol–water partition coefficient (Wildman–Crippen LogP) is 6.50. The third-order valence-electron chi connectivity index (χ3n) is 7.99. The normalized spacial score (nSPS) is 20.7. The summed E-state index contributed by atoms with van der Waals surface area (Å²) in [7, 11) is 3.17. The van der Waals surface area contributed by atoms with E-state index >= 15 is 0 Å². The van der Waals surface area contributed by atoms with Crippen LogP contribution in [0.2, 0.25) is 0 Å². The number of hydrogen-bond acceptors (Lipinski definition) is 5. The van der Waals surface area contributed by atoms with E-state index in [9.17, 15) is 14.3 Å². The van der Waals surface area contributed by atoms with E-state index < -0.39 is 11.8 Å². The van der Waals surface area contributed by atoms with Crippen molar-refractivity contribution in [2.24, 2.45) is 11.3 Å². The Kier molecular flexibility index (Phi) is 6.68. The standard InChI is InChI=1S/C31H34FNO5/c1-30(2,3)28(37-5)23-12-18(6-9-21(23)22-14-27(36-4)33-16-26(22)32)17-38-20-8-7-19-10-11-31(24(19)13-20)15-25(31)29(34)35/h6-9,12-14,16,25,28H,10-11,15,17H2,1-5H3,(H,34,35)/t25-,28-,31-/m0/s1. The first kappa shape index (κ1) is 26.2. The number of benzene rings is 2. The van der Waals surface area contributed by atoms with Crippen molar-refractivity contribution in [2.75, 3.05) is 14.2 Å². The van der Waals surface area contributed by atoms with Gasteiger partial charge in [-0.25, -0.2) is 9.37 Å². The van der Waals surface area contributed by atoms with Crippen LogP contribution in [0.15, 0.2) is 48.7 Å². The van der Waals surface area contributed by atoms with E-state index in [0.717, 1.165) is 35.3 Å². The molecular formula is C31H34FNO5. The van der Waals surface area contributed by atoms with Crippen molar-refractivity contribution >= 4 is 5.97 Å². The summed E-state index contributed by atoms with van der Waals surface area (Å²) in [4.78, 5) is 15.6. The topological polar surface area (TPSA) is 77.9 Å². The molecule has 0 unspecified atom stereocenters. The summed E-state index contributed by atoms with van der Waals surface area (Å²) in [6.45, 7) is 6.56. The van der Waals surface area contributed by atoms with Crippen LogP contribution in [-0.2, 0) is 28.0 Å². The quantitative estimate of drug-likeness (QED) is 0.366. The van der Waals surface area contributed by atoms with Crippen LogP contribution in [0.3, 0.4) is 0 Å². The number of pyridine rings is 1. The maximum absolute atomic E-state index is 14.9. The molecule has 0 aliphatic heterocycles. The number of halogens is 1. The Bertz CT molecular complexity index is 1380. The van der Waals surface area contributed by atoms with Gasteiger partial charge in [0.25, 0.3) is 0 Å². The van der Waals surface area contributed by atoms with Gasteiger partial charge >= 0.3 is 5.97 Å². The zero-order chi connectivity index (χ0) is 27.2. The van der Waals surface area contributed by atoms with Crippen LogP contribution >= 0.6 is 0 Å². The molecule has 38 heavy (non-hydrogen) atoms. The monoisotopic (exact) mass is 519 g/mol. The summed E-state index contributed by atoms with van der Waals surface area (Å²) in [6.07, 6.45) is 3.36. The van der Waals surface area contributed by atoms with E-state index in [1.807, 2.05) is 30.3 Å². The van der Waals surface area contributed by atoms with Gasteiger partial charge in [0, 0.05) is 24.2 Å². The third kappa shape index (κ3) is 4.64. The fourth-order valence-corrected chi connectivity index (χ4v) is 6.04. The molecule has 0 bridgehead atoms. The Morgan fingerprint density at radius 2 is 1.95 bits per heavy atom. The van der Waals surface area contributed by atoms with Crippen molar-refractivity contribution in [3.05, 3.63) is 76.7 Å². The van der Waals surface area contributed by atoms with Gasteiger partial charge in [0.1, 0.15) is 18.2 Å². The molecule has 2 aromatic carbocycles. The summed E-state index contributed by atoms with van der Waals surface area (Å²) in [5.74, 6) is -0.404. The van der Waals surface area contributed by atoms with Crippen molar-refractivity contribution in [3.8, 4) is 22.8 Å². The molecule has 0 radical (unpaired) electrons. The molecule has 1 heterocycles. The van der Waals surface area contributed by atoms with Crippen molar-refractivity contribution in [1.29, 1.82) is 0 Å². The van der Waals surface area contributed by atoms with E-state index in [1.54, 1.807) is 13.2 Å². The number of carboxylic acid groups (broad SMARTS) is 1. The van der Waals surface area contributed by atoms with Gasteiger partial charge in [0.05, 0.1) is 25.3 Å².